The van der Waals surface area contributed by atoms with Crippen molar-refractivity contribution in [2.24, 2.45) is 27.9 Å². The van der Waals surface area contributed by atoms with Gasteiger partial charge in [-0.05, 0) is 25.7 Å². The summed E-state index contributed by atoms with van der Waals surface area (Å²) in [6.07, 6.45) is -0.963. The number of hydrogen-bond donors (Lipinski definition) is 10. The second kappa shape index (κ2) is 16.9. The van der Waals surface area contributed by atoms with E-state index >= 15 is 0 Å². The van der Waals surface area contributed by atoms with Crippen molar-refractivity contribution < 1.29 is 39.0 Å². The first kappa shape index (κ1) is 32.4. The summed E-state index contributed by atoms with van der Waals surface area (Å²) in [7, 11) is 0. The van der Waals surface area contributed by atoms with Gasteiger partial charge in [-0.3, -0.25) is 29.0 Å². The molecule has 16 nitrogen and oxygen atoms in total. The third kappa shape index (κ3) is 14.0. The Labute approximate surface area is 212 Å². The molecule has 204 valence electrons. The number of thiol groups is 1. The van der Waals surface area contributed by atoms with E-state index in [4.69, 9.17) is 28.0 Å². The standard InChI is InChI=1S/C19H34N8O8S/c20-9(2-1-7-24-19(22)23)15(31)27-12(8-36)17(33)25-10(4-6-14(29)30)16(32)26-11(18(34)35)3-5-13(21)28/h9-12,36H,1-8,20H2,(H2,21,28)(H,25,33)(H,26,32)(H,27,31)(H,29,30)(H,34,35)(H4,22,23,24). The number of aliphatic carboxylic acids is 2. The Morgan fingerprint density at radius 1 is 0.778 bits per heavy atom. The number of nitrogens with zero attached hydrogens (tertiary/aromatic N) is 1. The molecule has 0 bridgehead atoms. The number of carbonyl (C=O) groups is 6. The van der Waals surface area contributed by atoms with Gasteiger partial charge in [0.2, 0.25) is 23.6 Å². The fourth-order valence-electron chi connectivity index (χ4n) is 2.75. The number of carboxylic acid groups (broad SMARTS) is 2. The van der Waals surface area contributed by atoms with Crippen LogP contribution < -0.4 is 38.9 Å². The first-order valence-electron chi connectivity index (χ1n) is 10.8. The monoisotopic (exact) mass is 534 g/mol. The fraction of sp³-hybridized carbons (Fsp3) is 0.632. The van der Waals surface area contributed by atoms with Gasteiger partial charge in [0.25, 0.3) is 0 Å². The number of aliphatic imine (C=N–C) groups is 1. The Bertz CT molecular complexity index is 836. The average Bonchev–Trinajstić information content (AvgIpc) is 2.79. The number of rotatable bonds is 18. The Morgan fingerprint density at radius 2 is 1.31 bits per heavy atom. The molecule has 0 rings (SSSR count). The lowest BCUT2D eigenvalue weighted by atomic mass is 10.1. The van der Waals surface area contributed by atoms with Crippen LogP contribution in [0.3, 0.4) is 0 Å². The molecule has 0 aromatic carbocycles. The van der Waals surface area contributed by atoms with E-state index in [0.29, 0.717) is 6.42 Å². The molecule has 0 aliphatic carbocycles. The van der Waals surface area contributed by atoms with Gasteiger partial charge in [-0.25, -0.2) is 4.79 Å². The molecule has 0 aliphatic heterocycles. The summed E-state index contributed by atoms with van der Waals surface area (Å²) in [6.45, 7) is 0.247. The number of primary amides is 1. The molecule has 0 aliphatic rings. The van der Waals surface area contributed by atoms with Crippen LogP contribution in [0.2, 0.25) is 0 Å². The maximum Gasteiger partial charge on any atom is 0.326 e. The summed E-state index contributed by atoms with van der Waals surface area (Å²) < 4.78 is 0. The highest BCUT2D eigenvalue weighted by Gasteiger charge is 2.30. The first-order chi connectivity index (χ1) is 16.8. The van der Waals surface area contributed by atoms with Gasteiger partial charge in [0.1, 0.15) is 18.1 Å². The van der Waals surface area contributed by atoms with E-state index in [1.807, 2.05) is 0 Å². The minimum Gasteiger partial charge on any atom is -0.481 e. The summed E-state index contributed by atoms with van der Waals surface area (Å²) in [5, 5.41) is 25.0. The Hall–Kier alpha value is -3.60. The molecular weight excluding hydrogens is 500 g/mol. The number of carboxylic acids is 2. The Balaban J connectivity index is 5.25. The summed E-state index contributed by atoms with van der Waals surface area (Å²) in [5.74, 6) is -6.36. The van der Waals surface area contributed by atoms with Gasteiger partial charge in [-0.2, -0.15) is 12.6 Å². The zero-order valence-electron chi connectivity index (χ0n) is 19.5. The molecule has 0 saturated carbocycles. The van der Waals surface area contributed by atoms with Crippen LogP contribution in [0.1, 0.15) is 38.5 Å². The lowest BCUT2D eigenvalue weighted by Crippen LogP contribution is -2.57. The highest BCUT2D eigenvalue weighted by Crippen LogP contribution is 2.04. The summed E-state index contributed by atoms with van der Waals surface area (Å²) in [5.41, 5.74) is 21.2. The van der Waals surface area contributed by atoms with Crippen molar-refractivity contribution in [3.63, 3.8) is 0 Å². The molecule has 4 amide bonds. The molecule has 0 saturated heterocycles. The van der Waals surface area contributed by atoms with Gasteiger partial charge in [0.15, 0.2) is 5.96 Å². The smallest absolute Gasteiger partial charge is 0.326 e. The Kier molecular flexibility index (Phi) is 15.2. The van der Waals surface area contributed by atoms with Crippen LogP contribution in [-0.4, -0.2) is 88.2 Å². The quantitative estimate of drug-likeness (QED) is 0.0349. The van der Waals surface area contributed by atoms with Crippen LogP contribution >= 0.6 is 12.6 Å². The predicted molar refractivity (Wildman–Crippen MR) is 130 cm³/mol. The average molecular weight is 535 g/mol. The van der Waals surface area contributed by atoms with E-state index in [2.05, 4.69) is 33.6 Å². The second-order valence-electron chi connectivity index (χ2n) is 7.70. The molecule has 0 radical (unpaired) electrons. The summed E-state index contributed by atoms with van der Waals surface area (Å²) in [4.78, 5) is 74.7. The van der Waals surface area contributed by atoms with Crippen molar-refractivity contribution in [1.29, 1.82) is 0 Å². The van der Waals surface area contributed by atoms with Crippen LogP contribution in [0.5, 0.6) is 0 Å². The molecule has 36 heavy (non-hydrogen) atoms. The Morgan fingerprint density at radius 3 is 1.81 bits per heavy atom. The minimum absolute atomic E-state index is 0.108. The van der Waals surface area contributed by atoms with Crippen LogP contribution in [-0.2, 0) is 28.8 Å². The molecular formula is C19H34N8O8S. The van der Waals surface area contributed by atoms with E-state index in [1.54, 1.807) is 0 Å². The van der Waals surface area contributed by atoms with Crippen molar-refractivity contribution in [1.82, 2.24) is 16.0 Å². The number of nitrogens with two attached hydrogens (primary N) is 4. The lowest BCUT2D eigenvalue weighted by molar-refractivity contribution is -0.143. The summed E-state index contributed by atoms with van der Waals surface area (Å²) in [6, 6.07) is -5.21. The van der Waals surface area contributed by atoms with Crippen molar-refractivity contribution >= 4 is 54.2 Å². The van der Waals surface area contributed by atoms with Crippen LogP contribution in [0.4, 0.5) is 0 Å². The zero-order chi connectivity index (χ0) is 27.8. The first-order valence-corrected chi connectivity index (χ1v) is 11.5. The van der Waals surface area contributed by atoms with E-state index in [0.717, 1.165) is 0 Å². The number of nitrogens with one attached hydrogen (secondary N) is 3. The highest BCUT2D eigenvalue weighted by atomic mass is 32.1. The van der Waals surface area contributed by atoms with Gasteiger partial charge in [0.05, 0.1) is 6.04 Å². The molecule has 0 spiro atoms. The second-order valence-corrected chi connectivity index (χ2v) is 8.06. The van der Waals surface area contributed by atoms with Crippen LogP contribution in [0, 0.1) is 0 Å². The van der Waals surface area contributed by atoms with E-state index < -0.39 is 66.2 Å². The largest absolute Gasteiger partial charge is 0.481 e. The maximum absolute atomic E-state index is 12.7. The lowest BCUT2D eigenvalue weighted by Gasteiger charge is -2.24. The molecule has 13 N–H and O–H groups in total. The molecule has 0 aromatic rings. The number of amides is 4. The normalized spacial score (nSPS) is 13.8. The van der Waals surface area contributed by atoms with Crippen molar-refractivity contribution in [2.75, 3.05) is 12.3 Å². The maximum atomic E-state index is 12.7. The third-order valence-corrected chi connectivity index (χ3v) is 5.06. The SMILES string of the molecule is NC(=O)CCC(NC(=O)C(CCC(=O)O)NC(=O)C(CS)NC(=O)C(N)CCCN=C(N)N)C(=O)O. The van der Waals surface area contributed by atoms with Gasteiger partial charge in [0, 0.05) is 25.1 Å². The van der Waals surface area contributed by atoms with Gasteiger partial charge >= 0.3 is 11.9 Å². The number of hydrogen-bond acceptors (Lipinski definition) is 9. The van der Waals surface area contributed by atoms with Crippen molar-refractivity contribution in [3.05, 3.63) is 0 Å². The van der Waals surface area contributed by atoms with E-state index in [9.17, 15) is 33.9 Å². The highest BCUT2D eigenvalue weighted by molar-refractivity contribution is 7.80. The topological polar surface area (TPSA) is 295 Å². The fourth-order valence-corrected chi connectivity index (χ4v) is 3.01. The summed E-state index contributed by atoms with van der Waals surface area (Å²) >= 11 is 4.02. The molecule has 4 unspecified atom stereocenters. The number of guanidine groups is 1. The third-order valence-electron chi connectivity index (χ3n) is 4.69. The van der Waals surface area contributed by atoms with E-state index in [-0.39, 0.29) is 43.9 Å². The van der Waals surface area contributed by atoms with Crippen LogP contribution in [0.25, 0.3) is 0 Å². The van der Waals surface area contributed by atoms with Gasteiger partial charge < -0.3 is 49.1 Å². The van der Waals surface area contributed by atoms with E-state index in [1.165, 1.54) is 0 Å². The van der Waals surface area contributed by atoms with Gasteiger partial charge in [-0.15, -0.1) is 0 Å². The molecule has 0 aromatic heterocycles. The molecule has 0 fully saturated rings. The van der Waals surface area contributed by atoms with Crippen LogP contribution in [0.15, 0.2) is 4.99 Å². The van der Waals surface area contributed by atoms with Crippen molar-refractivity contribution in [3.8, 4) is 0 Å². The zero-order valence-corrected chi connectivity index (χ0v) is 20.4. The molecule has 4 atom stereocenters. The predicted octanol–water partition coefficient (Wildman–Crippen LogP) is -4.03. The van der Waals surface area contributed by atoms with Gasteiger partial charge in [-0.1, -0.05) is 0 Å². The van der Waals surface area contributed by atoms with Crippen molar-refractivity contribution in [2.45, 2.75) is 62.7 Å². The molecule has 17 heteroatoms. The minimum atomic E-state index is -1.51. The number of carbonyl (C=O) groups excluding carboxylic acids is 4. The molecule has 0 heterocycles.